The number of carbonyl (C=O) groups excluding carboxylic acids is 12. The summed E-state index contributed by atoms with van der Waals surface area (Å²) in [6, 6.07) is -14.9. The topological polar surface area (TPSA) is 312 Å². The molecule has 27 nitrogen and oxygen atoms in total. The summed E-state index contributed by atoms with van der Waals surface area (Å²) in [5.74, 6) is -12.5. The summed E-state index contributed by atoms with van der Waals surface area (Å²) in [5.41, 5.74) is 0. The van der Waals surface area contributed by atoms with Crippen LogP contribution in [0.1, 0.15) is 156 Å². The van der Waals surface area contributed by atoms with Gasteiger partial charge < -0.3 is 70.3 Å². The van der Waals surface area contributed by atoms with E-state index in [1.54, 1.807) is 72.4 Å². The van der Waals surface area contributed by atoms with Gasteiger partial charge in [0.05, 0.1) is 19.1 Å². The second kappa shape index (κ2) is 40.8. The molecule has 5 N–H and O–H groups in total. The van der Waals surface area contributed by atoms with Crippen molar-refractivity contribution < 1.29 is 80.5 Å². The number of aliphatic hydroxyl groups is 1. The van der Waals surface area contributed by atoms with Crippen molar-refractivity contribution in [1.29, 1.82) is 0 Å². The Kier molecular flexibility index (Phi) is 36.4. The molecule has 2 aliphatic rings. The standard InChI is InChI=1S/C71H124F3N13O14/c1-25-27-28-45(13)59(89)58-63(93)77-50(26-2)66(96)79(18)49(17)65(95)84(23)57(46(14)38-101-39-54(88)87-33-31-86(32-34-87)30-29-71(72,73)74)62(92)78-55(43(9)10)69(99)80(19)51(35-40(3)4)61(91)75-47(15)60(90)76-48(16)64(94)81(20)52(36-41(5)6)67(97)82(21)53(37-42(7)8)68(98)83(22)56(44(11)12)70(100)85(58)24/h25,27,40-53,55-59,89H,26,28-39H2,1-24H3,(H,75,91)(H,76,90)(H,77,93)(H,78,92)/b27-25+/t45-,46-,47+,48-,49-,50+,51+,52+,53+,55+,56+,57+,58?,59-/m1/s1. The van der Waals surface area contributed by atoms with Crippen LogP contribution in [0, 0.1) is 41.4 Å². The van der Waals surface area contributed by atoms with E-state index in [4.69, 9.17) is 4.74 Å². The normalized spacial score (nSPS) is 26.8. The summed E-state index contributed by atoms with van der Waals surface area (Å²) < 4.78 is 44.9. The number of nitrogens with one attached hydrogen (secondary N) is 4. The second-order valence-electron chi connectivity index (χ2n) is 29.8. The minimum atomic E-state index is -4.35. The molecule has 0 aromatic heterocycles. The Bertz CT molecular complexity index is 2840. The number of likely N-dealkylation sites (N-methyl/N-ethyl adjacent to an activating group) is 7. The van der Waals surface area contributed by atoms with E-state index in [0.29, 0.717) is 0 Å². The number of piperazine rings is 1. The van der Waals surface area contributed by atoms with Gasteiger partial charge in [0.25, 0.3) is 0 Å². The van der Waals surface area contributed by atoms with Crippen molar-refractivity contribution in [3.8, 4) is 0 Å². The van der Waals surface area contributed by atoms with Gasteiger partial charge in [-0.2, -0.15) is 13.2 Å². The first-order chi connectivity index (χ1) is 46.7. The van der Waals surface area contributed by atoms with E-state index in [9.17, 15) is 47.0 Å². The maximum absolute atomic E-state index is 15.3. The Morgan fingerprint density at radius 3 is 1.49 bits per heavy atom. The summed E-state index contributed by atoms with van der Waals surface area (Å²) in [6.07, 6.45) is -2.92. The van der Waals surface area contributed by atoms with Crippen LogP contribution in [-0.2, 0) is 62.3 Å². The number of aliphatic hydroxyl groups excluding tert-OH is 1. The molecule has 30 heteroatoms. The van der Waals surface area contributed by atoms with Crippen LogP contribution in [0.2, 0.25) is 0 Å². The number of halogens is 3. The molecule has 0 saturated carbocycles. The molecule has 0 bridgehead atoms. The molecule has 2 fully saturated rings. The minimum absolute atomic E-state index is 0.0694. The van der Waals surface area contributed by atoms with E-state index in [-0.39, 0.29) is 89.2 Å². The number of ether oxygens (including phenoxy) is 1. The van der Waals surface area contributed by atoms with Crippen LogP contribution in [0.4, 0.5) is 13.2 Å². The maximum atomic E-state index is 15.3. The number of allylic oxidation sites excluding steroid dienone is 2. The molecule has 2 saturated heterocycles. The van der Waals surface area contributed by atoms with Gasteiger partial charge in [0.2, 0.25) is 70.9 Å². The third-order valence-electron chi connectivity index (χ3n) is 19.4. The Balaban J connectivity index is 3.00. The zero-order valence-electron chi connectivity index (χ0n) is 64.7. The summed E-state index contributed by atoms with van der Waals surface area (Å²) in [6.45, 7) is 28.1. The molecule has 0 aromatic carbocycles. The number of rotatable bonds is 20. The molecule has 2 rings (SSSR count). The highest BCUT2D eigenvalue weighted by molar-refractivity contribution is 6.00. The molecule has 578 valence electrons. The van der Waals surface area contributed by atoms with Crippen LogP contribution in [0.3, 0.4) is 0 Å². The first-order valence-corrected chi connectivity index (χ1v) is 35.7. The van der Waals surface area contributed by atoms with Crippen LogP contribution >= 0.6 is 0 Å². The van der Waals surface area contributed by atoms with Gasteiger partial charge in [0, 0.05) is 88.0 Å². The van der Waals surface area contributed by atoms with Crippen LogP contribution in [0.15, 0.2) is 12.2 Å². The van der Waals surface area contributed by atoms with Gasteiger partial charge in [-0.1, -0.05) is 102 Å². The lowest BCUT2D eigenvalue weighted by molar-refractivity contribution is -0.157. The van der Waals surface area contributed by atoms with Gasteiger partial charge in [-0.05, 0) is 95.3 Å². The highest BCUT2D eigenvalue weighted by Gasteiger charge is 2.47. The predicted molar refractivity (Wildman–Crippen MR) is 377 cm³/mol. The zero-order chi connectivity index (χ0) is 77.7. The monoisotopic (exact) mass is 1440 g/mol. The lowest BCUT2D eigenvalue weighted by Gasteiger charge is -2.41. The van der Waals surface area contributed by atoms with Crippen molar-refractivity contribution in [3.63, 3.8) is 0 Å². The molecule has 0 aromatic rings. The molecule has 2 heterocycles. The predicted octanol–water partition coefficient (Wildman–Crippen LogP) is 3.36. The Morgan fingerprint density at radius 1 is 0.535 bits per heavy atom. The van der Waals surface area contributed by atoms with Gasteiger partial charge in [-0.3, -0.25) is 62.4 Å². The summed E-state index contributed by atoms with van der Waals surface area (Å²) >= 11 is 0. The number of hydrogen-bond acceptors (Lipinski definition) is 15. The van der Waals surface area contributed by atoms with Crippen LogP contribution < -0.4 is 21.3 Å². The molecule has 0 radical (unpaired) electrons. The Labute approximate surface area is 598 Å². The summed E-state index contributed by atoms with van der Waals surface area (Å²) in [4.78, 5) is 188. The first-order valence-electron chi connectivity index (χ1n) is 35.7. The molecule has 1 unspecified atom stereocenters. The third kappa shape index (κ3) is 25.8. The SMILES string of the molecule is C/C=C/C[C@@H](C)[C@@H](O)C1C(=O)N[C@@H](CC)C(=O)N(C)[C@H](C)C(=O)N(C)[C@@H]([C@H](C)COCC(=O)N2CCN(CCC(F)(F)F)CC2)C(=O)N[C@@H](C(C)C)C(=O)N(C)[C@@H](CC(C)C)C(=O)N[C@@H](C)C(=O)N[C@H](C)C(=O)N(C)[C@@H](CC(C)C)C(=O)N(C)[C@@H](CC(C)C)C(=O)N(C)[C@@H](C(C)C)C(=O)N1C. The lowest BCUT2D eigenvalue weighted by atomic mass is 9.91. The minimum Gasteiger partial charge on any atom is -0.390 e. The molecule has 14 atom stereocenters. The summed E-state index contributed by atoms with van der Waals surface area (Å²) in [7, 11) is 9.56. The fraction of sp³-hybridized carbons (Fsp3) is 0.803. The van der Waals surface area contributed by atoms with E-state index in [0.717, 1.165) is 19.6 Å². The fourth-order valence-electron chi connectivity index (χ4n) is 12.8. The van der Waals surface area contributed by atoms with Crippen LogP contribution in [-0.4, -0.2) is 294 Å². The van der Waals surface area contributed by atoms with Crippen molar-refractivity contribution >= 4 is 70.9 Å². The number of amides is 12. The average molecular weight is 1440 g/mol. The maximum Gasteiger partial charge on any atom is 0.390 e. The van der Waals surface area contributed by atoms with Crippen LogP contribution in [0.5, 0.6) is 0 Å². The van der Waals surface area contributed by atoms with E-state index in [1.807, 2.05) is 41.5 Å². The number of nitrogens with zero attached hydrogens (tertiary/aromatic N) is 9. The smallest absolute Gasteiger partial charge is 0.390 e. The first kappa shape index (κ1) is 90.1. The molecular weight excluding hydrogens is 1320 g/mol. The van der Waals surface area contributed by atoms with Crippen LogP contribution in [0.25, 0.3) is 0 Å². The van der Waals surface area contributed by atoms with Crippen molar-refractivity contribution in [1.82, 2.24) is 65.4 Å². The molecular formula is C71H124F3N13O14. The van der Waals surface area contributed by atoms with Crippen molar-refractivity contribution in [3.05, 3.63) is 12.2 Å². The van der Waals surface area contributed by atoms with Gasteiger partial charge >= 0.3 is 6.18 Å². The largest absolute Gasteiger partial charge is 0.390 e. The highest BCUT2D eigenvalue weighted by Crippen LogP contribution is 2.27. The molecule has 0 spiro atoms. The molecule has 0 aliphatic carbocycles. The second-order valence-corrected chi connectivity index (χ2v) is 29.8. The molecule has 101 heavy (non-hydrogen) atoms. The highest BCUT2D eigenvalue weighted by atomic mass is 19.4. The van der Waals surface area contributed by atoms with Gasteiger partial charge in [-0.15, -0.1) is 0 Å². The Morgan fingerprint density at radius 2 is 1.00 bits per heavy atom. The van der Waals surface area contributed by atoms with E-state index < -0.39 is 186 Å². The number of carbonyl (C=O) groups is 12. The van der Waals surface area contributed by atoms with Gasteiger partial charge in [-0.25, -0.2) is 0 Å². The lowest BCUT2D eigenvalue weighted by Crippen LogP contribution is -2.64. The van der Waals surface area contributed by atoms with Crippen molar-refractivity contribution in [2.24, 2.45) is 41.4 Å². The van der Waals surface area contributed by atoms with Crippen molar-refractivity contribution in [2.75, 3.05) is 95.3 Å². The van der Waals surface area contributed by atoms with Gasteiger partial charge in [0.15, 0.2) is 0 Å². The molecule has 2 aliphatic heterocycles. The van der Waals surface area contributed by atoms with E-state index in [2.05, 4.69) is 21.3 Å². The number of alkyl halides is 3. The van der Waals surface area contributed by atoms with Crippen molar-refractivity contribution in [2.45, 2.75) is 235 Å². The number of hydrogen-bond donors (Lipinski definition) is 5. The average Bonchev–Trinajstić information content (AvgIpc) is 0.807. The summed E-state index contributed by atoms with van der Waals surface area (Å²) in [5, 5.41) is 23.1. The molecule has 12 amide bonds. The Hall–Kier alpha value is -6.95. The third-order valence-corrected chi connectivity index (χ3v) is 19.4. The van der Waals surface area contributed by atoms with Gasteiger partial charge in [0.1, 0.15) is 73.1 Å². The zero-order valence-corrected chi connectivity index (χ0v) is 64.7. The van der Waals surface area contributed by atoms with E-state index in [1.165, 1.54) is 89.7 Å². The van der Waals surface area contributed by atoms with E-state index >= 15 is 28.8 Å². The fourth-order valence-corrected chi connectivity index (χ4v) is 12.8. The quantitative estimate of drug-likeness (QED) is 0.109.